The van der Waals surface area contributed by atoms with Crippen LogP contribution in [0.1, 0.15) is 23.6 Å². The minimum atomic E-state index is 1.13. The lowest BCUT2D eigenvalue weighted by molar-refractivity contribution is 1.18. The summed E-state index contributed by atoms with van der Waals surface area (Å²) in [6.45, 7) is 4.32. The van der Waals surface area contributed by atoms with Gasteiger partial charge >= 0.3 is 0 Å². The molecule has 1 heteroatoms. The molecule has 0 saturated carbocycles. The fraction of sp³-hybridized carbons (Fsp3) is 0.273. The van der Waals surface area contributed by atoms with E-state index in [9.17, 15) is 0 Å². The molecule has 0 spiro atoms. The Morgan fingerprint density at radius 1 is 1.25 bits per heavy atom. The second-order valence-electron chi connectivity index (χ2n) is 3.47. The zero-order chi connectivity index (χ0) is 8.72. The minimum absolute atomic E-state index is 1.13. The molecule has 1 aromatic rings. The molecule has 0 bridgehead atoms. The second-order valence-corrected chi connectivity index (χ2v) is 4.32. The van der Waals surface area contributed by atoms with Crippen LogP contribution in [-0.2, 0) is 6.42 Å². The van der Waals surface area contributed by atoms with Crippen LogP contribution in [0.2, 0.25) is 0 Å². The van der Waals surface area contributed by atoms with Gasteiger partial charge in [-0.2, -0.15) is 0 Å². The van der Waals surface area contributed by atoms with Gasteiger partial charge in [-0.05, 0) is 43.0 Å². The maximum absolute atomic E-state index is 3.54. The fourth-order valence-corrected chi connectivity index (χ4v) is 2.02. The molecular weight excluding hydrogens is 212 g/mol. The van der Waals surface area contributed by atoms with E-state index in [0.29, 0.717) is 0 Å². The van der Waals surface area contributed by atoms with Gasteiger partial charge in [0.1, 0.15) is 0 Å². The quantitative estimate of drug-likeness (QED) is 0.628. The van der Waals surface area contributed by atoms with E-state index < -0.39 is 0 Å². The summed E-state index contributed by atoms with van der Waals surface area (Å²) in [6.07, 6.45) is 3.39. The van der Waals surface area contributed by atoms with E-state index in [-0.39, 0.29) is 0 Å². The Bertz CT molecular complexity index is 362. The maximum atomic E-state index is 3.54. The van der Waals surface area contributed by atoms with Crippen molar-refractivity contribution in [1.82, 2.24) is 0 Å². The third-order valence-corrected chi connectivity index (χ3v) is 3.15. The first-order valence-electron chi connectivity index (χ1n) is 4.13. The molecule has 0 radical (unpaired) electrons. The van der Waals surface area contributed by atoms with Crippen LogP contribution in [0.15, 0.2) is 22.2 Å². The zero-order valence-electron chi connectivity index (χ0n) is 7.32. The van der Waals surface area contributed by atoms with Gasteiger partial charge in [-0.1, -0.05) is 33.6 Å². The summed E-state index contributed by atoms with van der Waals surface area (Å²) in [7, 11) is 0. The lowest BCUT2D eigenvalue weighted by Gasteiger charge is -2.02. The van der Waals surface area contributed by atoms with Gasteiger partial charge in [-0.25, -0.2) is 0 Å². The van der Waals surface area contributed by atoms with Gasteiger partial charge in [0.15, 0.2) is 0 Å². The van der Waals surface area contributed by atoms with Gasteiger partial charge in [0, 0.05) is 4.47 Å². The predicted molar refractivity (Wildman–Crippen MR) is 56.2 cm³/mol. The Kier molecular flexibility index (Phi) is 1.84. The van der Waals surface area contributed by atoms with Crippen molar-refractivity contribution in [2.75, 3.05) is 0 Å². The van der Waals surface area contributed by atoms with E-state index in [1.165, 1.54) is 26.7 Å². The summed E-state index contributed by atoms with van der Waals surface area (Å²) in [5.41, 5.74) is 5.64. The molecule has 0 heterocycles. The molecule has 1 aliphatic rings. The Morgan fingerprint density at radius 3 is 2.75 bits per heavy atom. The number of hydrogen-bond donors (Lipinski definition) is 0. The number of benzene rings is 1. The molecule has 0 aliphatic heterocycles. The van der Waals surface area contributed by atoms with Crippen LogP contribution in [0.5, 0.6) is 0 Å². The van der Waals surface area contributed by atoms with Gasteiger partial charge < -0.3 is 0 Å². The Labute approximate surface area is 81.4 Å². The van der Waals surface area contributed by atoms with Crippen molar-refractivity contribution in [1.29, 1.82) is 0 Å². The van der Waals surface area contributed by atoms with E-state index in [1.54, 1.807) is 0 Å². The number of aryl methyl sites for hydroxylation is 1. The molecule has 0 nitrogen and oxygen atoms in total. The third kappa shape index (κ3) is 1.22. The Balaban J connectivity index is 2.57. The lowest BCUT2D eigenvalue weighted by atomic mass is 10.1. The first kappa shape index (κ1) is 8.06. The molecule has 62 valence electrons. The summed E-state index contributed by atoms with van der Waals surface area (Å²) in [6, 6.07) is 4.48. The first-order valence-corrected chi connectivity index (χ1v) is 4.92. The predicted octanol–water partition coefficient (Wildman–Crippen LogP) is 3.72. The number of hydrogen-bond acceptors (Lipinski definition) is 0. The molecule has 0 N–H and O–H groups in total. The Morgan fingerprint density at radius 2 is 2.00 bits per heavy atom. The highest BCUT2D eigenvalue weighted by Gasteiger charge is 2.10. The Hall–Kier alpha value is -0.560. The molecule has 2 rings (SSSR count). The molecule has 0 aromatic heterocycles. The van der Waals surface area contributed by atoms with Crippen LogP contribution < -0.4 is 0 Å². The van der Waals surface area contributed by atoms with Gasteiger partial charge in [0.25, 0.3) is 0 Å². The fourth-order valence-electron chi connectivity index (χ4n) is 1.66. The molecule has 1 aromatic carbocycles. The lowest BCUT2D eigenvalue weighted by Crippen LogP contribution is -1.85. The molecule has 0 unspecified atom stereocenters. The summed E-state index contributed by atoms with van der Waals surface area (Å²) in [5.74, 6) is 0. The largest absolute Gasteiger partial charge is 0.0683 e. The SMILES string of the molecule is CC1=Cc2cc(Br)c(C)cc2C1. The van der Waals surface area contributed by atoms with Crippen molar-refractivity contribution < 1.29 is 0 Å². The van der Waals surface area contributed by atoms with Crippen molar-refractivity contribution >= 4 is 22.0 Å². The van der Waals surface area contributed by atoms with Crippen molar-refractivity contribution in [2.45, 2.75) is 20.3 Å². The van der Waals surface area contributed by atoms with Crippen LogP contribution in [0.3, 0.4) is 0 Å². The van der Waals surface area contributed by atoms with E-state index in [1.807, 2.05) is 0 Å². The number of rotatable bonds is 0. The molecule has 0 amide bonds. The van der Waals surface area contributed by atoms with Gasteiger partial charge in [-0.3, -0.25) is 0 Å². The van der Waals surface area contributed by atoms with E-state index >= 15 is 0 Å². The highest BCUT2D eigenvalue weighted by atomic mass is 79.9. The summed E-state index contributed by atoms with van der Waals surface area (Å²) < 4.78 is 1.22. The van der Waals surface area contributed by atoms with Crippen LogP contribution in [0, 0.1) is 6.92 Å². The van der Waals surface area contributed by atoms with Gasteiger partial charge in [-0.15, -0.1) is 0 Å². The van der Waals surface area contributed by atoms with Crippen molar-refractivity contribution in [3.8, 4) is 0 Å². The molecule has 1 aliphatic carbocycles. The molecular formula is C11H11Br. The average Bonchev–Trinajstić information content (AvgIpc) is 2.30. The molecule has 12 heavy (non-hydrogen) atoms. The molecule has 0 fully saturated rings. The number of halogens is 1. The van der Waals surface area contributed by atoms with Crippen molar-refractivity contribution in [2.24, 2.45) is 0 Å². The normalized spacial score (nSPS) is 14.4. The van der Waals surface area contributed by atoms with Gasteiger partial charge in [0.05, 0.1) is 0 Å². The van der Waals surface area contributed by atoms with Crippen LogP contribution in [-0.4, -0.2) is 0 Å². The highest BCUT2D eigenvalue weighted by Crippen LogP contribution is 2.29. The van der Waals surface area contributed by atoms with Crippen LogP contribution in [0.25, 0.3) is 6.08 Å². The van der Waals surface area contributed by atoms with Crippen molar-refractivity contribution in [3.63, 3.8) is 0 Å². The summed E-state index contributed by atoms with van der Waals surface area (Å²) >= 11 is 3.54. The van der Waals surface area contributed by atoms with E-state index in [2.05, 4.69) is 48.0 Å². The first-order chi connectivity index (χ1) is 5.66. The minimum Gasteiger partial charge on any atom is -0.0683 e. The topological polar surface area (TPSA) is 0 Å². The standard InChI is InChI=1S/C11H11Br/c1-7-3-9-5-8(2)11(12)6-10(9)4-7/h4-6H,3H2,1-2H3. The smallest absolute Gasteiger partial charge is 0.0210 e. The number of fused-ring (bicyclic) bond motifs is 1. The van der Waals surface area contributed by atoms with Crippen molar-refractivity contribution in [3.05, 3.63) is 38.9 Å². The molecule has 0 atom stereocenters. The van der Waals surface area contributed by atoms with E-state index in [0.717, 1.165) is 6.42 Å². The van der Waals surface area contributed by atoms with Gasteiger partial charge in [0.2, 0.25) is 0 Å². The maximum Gasteiger partial charge on any atom is 0.0210 e. The van der Waals surface area contributed by atoms with E-state index in [4.69, 9.17) is 0 Å². The second kappa shape index (κ2) is 2.74. The third-order valence-electron chi connectivity index (χ3n) is 2.29. The van der Waals surface area contributed by atoms with Crippen LogP contribution in [0.4, 0.5) is 0 Å². The number of allylic oxidation sites excluding steroid dienone is 1. The zero-order valence-corrected chi connectivity index (χ0v) is 8.90. The summed E-state index contributed by atoms with van der Waals surface area (Å²) in [4.78, 5) is 0. The van der Waals surface area contributed by atoms with Crippen LogP contribution >= 0.6 is 15.9 Å². The monoisotopic (exact) mass is 222 g/mol. The summed E-state index contributed by atoms with van der Waals surface area (Å²) in [5, 5.41) is 0. The molecule has 0 saturated heterocycles. The highest BCUT2D eigenvalue weighted by molar-refractivity contribution is 9.10. The average molecular weight is 223 g/mol.